The summed E-state index contributed by atoms with van der Waals surface area (Å²) < 4.78 is 16.1. The van der Waals surface area contributed by atoms with Gasteiger partial charge >= 0.3 is 0 Å². The van der Waals surface area contributed by atoms with Gasteiger partial charge in [0.05, 0.1) is 25.9 Å². The molecule has 1 N–H and O–H groups in total. The molecule has 0 heterocycles. The fraction of sp³-hybridized carbons (Fsp3) is 1.00. The first-order chi connectivity index (χ1) is 7.48. The number of ether oxygens (including phenoxy) is 2. The lowest BCUT2D eigenvalue weighted by atomic mass is 10.4. The van der Waals surface area contributed by atoms with Crippen molar-refractivity contribution in [2.24, 2.45) is 0 Å². The van der Waals surface area contributed by atoms with Gasteiger partial charge in [0, 0.05) is 13.7 Å². The topological polar surface area (TPSA) is 47.9 Å². The van der Waals surface area contributed by atoms with E-state index in [4.69, 9.17) is 19.0 Å². The van der Waals surface area contributed by atoms with E-state index in [2.05, 4.69) is 13.1 Å². The largest absolute Gasteiger partial charge is 0.415 e. The Labute approximate surface area is 100 Å². The fourth-order valence-corrected chi connectivity index (χ4v) is 3.10. The predicted octanol–water partition coefficient (Wildman–Crippen LogP) is 1.64. The molecule has 1 atom stereocenters. The van der Waals surface area contributed by atoms with Crippen LogP contribution in [-0.2, 0) is 13.9 Å². The second-order valence-electron chi connectivity index (χ2n) is 4.63. The smallest absolute Gasteiger partial charge is 0.186 e. The van der Waals surface area contributed by atoms with Crippen molar-refractivity contribution in [3.8, 4) is 0 Å². The van der Waals surface area contributed by atoms with Gasteiger partial charge in [0.2, 0.25) is 0 Å². The molecule has 0 rings (SSSR count). The Bertz CT molecular complexity index is 162. The second-order valence-corrected chi connectivity index (χ2v) is 8.94. The maximum absolute atomic E-state index is 9.00. The van der Waals surface area contributed by atoms with E-state index in [1.165, 1.54) is 0 Å². The van der Waals surface area contributed by atoms with Crippen LogP contribution in [0.2, 0.25) is 19.1 Å². The molecule has 0 bridgehead atoms. The highest BCUT2D eigenvalue weighted by Crippen LogP contribution is 2.13. The molecule has 0 amide bonds. The number of aliphatic hydroxyl groups is 1. The minimum Gasteiger partial charge on any atom is -0.415 e. The van der Waals surface area contributed by atoms with Crippen LogP contribution in [0.5, 0.6) is 0 Å². The predicted molar refractivity (Wildman–Crippen MR) is 67.2 cm³/mol. The van der Waals surface area contributed by atoms with E-state index in [0.717, 1.165) is 12.5 Å². The van der Waals surface area contributed by atoms with Crippen LogP contribution in [0.1, 0.15) is 13.3 Å². The summed E-state index contributed by atoms with van der Waals surface area (Å²) in [4.78, 5) is 0. The molecule has 5 heteroatoms. The number of rotatable bonds is 10. The van der Waals surface area contributed by atoms with Gasteiger partial charge in [-0.2, -0.15) is 0 Å². The standard InChI is InChI=1S/C11H26O4Si/c1-11(12)10-14-6-5-9-16(3,4)15-8-7-13-2/h11-12H,5-10H2,1-4H3. The van der Waals surface area contributed by atoms with E-state index in [1.54, 1.807) is 14.0 Å². The van der Waals surface area contributed by atoms with E-state index < -0.39 is 8.32 Å². The molecule has 0 saturated carbocycles. The van der Waals surface area contributed by atoms with Gasteiger partial charge in [0.25, 0.3) is 0 Å². The van der Waals surface area contributed by atoms with Gasteiger partial charge in [-0.25, -0.2) is 0 Å². The van der Waals surface area contributed by atoms with Crippen molar-refractivity contribution in [3.63, 3.8) is 0 Å². The first-order valence-electron chi connectivity index (χ1n) is 5.86. The maximum Gasteiger partial charge on any atom is 0.186 e. The lowest BCUT2D eigenvalue weighted by molar-refractivity contribution is 0.0461. The van der Waals surface area contributed by atoms with Gasteiger partial charge < -0.3 is 19.0 Å². The van der Waals surface area contributed by atoms with Crippen LogP contribution in [0.4, 0.5) is 0 Å². The highest BCUT2D eigenvalue weighted by atomic mass is 28.4. The Morgan fingerprint density at radius 1 is 1.19 bits per heavy atom. The summed E-state index contributed by atoms with van der Waals surface area (Å²) in [6.45, 7) is 8.61. The number of methoxy groups -OCH3 is 1. The van der Waals surface area contributed by atoms with Crippen LogP contribution in [0.15, 0.2) is 0 Å². The Hall–Kier alpha value is 0.0569. The van der Waals surface area contributed by atoms with E-state index in [-0.39, 0.29) is 6.10 Å². The molecule has 0 radical (unpaired) electrons. The molecule has 0 aromatic rings. The SMILES string of the molecule is COCCO[Si](C)(C)CCCOCC(C)O. The quantitative estimate of drug-likeness (QED) is 0.473. The summed E-state index contributed by atoms with van der Waals surface area (Å²) in [5, 5.41) is 9.00. The zero-order valence-electron chi connectivity index (χ0n) is 11.0. The summed E-state index contributed by atoms with van der Waals surface area (Å²) in [5.41, 5.74) is 0. The van der Waals surface area contributed by atoms with E-state index in [0.29, 0.717) is 26.4 Å². The minimum absolute atomic E-state index is 0.372. The molecule has 16 heavy (non-hydrogen) atoms. The molecular formula is C11H26O4Si. The van der Waals surface area contributed by atoms with Crippen molar-refractivity contribution in [1.82, 2.24) is 0 Å². The van der Waals surface area contributed by atoms with Gasteiger partial charge in [0.1, 0.15) is 0 Å². The average Bonchev–Trinajstić information content (AvgIpc) is 2.16. The monoisotopic (exact) mass is 250 g/mol. The van der Waals surface area contributed by atoms with Crippen LogP contribution in [0, 0.1) is 0 Å². The minimum atomic E-state index is -1.54. The van der Waals surface area contributed by atoms with Crippen molar-refractivity contribution in [1.29, 1.82) is 0 Å². The van der Waals surface area contributed by atoms with Crippen LogP contribution >= 0.6 is 0 Å². The Morgan fingerprint density at radius 3 is 2.44 bits per heavy atom. The molecule has 0 aliphatic rings. The van der Waals surface area contributed by atoms with E-state index in [9.17, 15) is 0 Å². The van der Waals surface area contributed by atoms with Crippen molar-refractivity contribution in [2.75, 3.05) is 33.5 Å². The molecule has 0 aliphatic carbocycles. The third-order valence-electron chi connectivity index (χ3n) is 2.21. The molecular weight excluding hydrogens is 224 g/mol. The average molecular weight is 250 g/mol. The Morgan fingerprint density at radius 2 is 1.88 bits per heavy atom. The van der Waals surface area contributed by atoms with Crippen LogP contribution in [0.25, 0.3) is 0 Å². The fourth-order valence-electron chi connectivity index (χ4n) is 1.33. The third kappa shape index (κ3) is 10.6. The molecule has 0 aliphatic heterocycles. The summed E-state index contributed by atoms with van der Waals surface area (Å²) in [7, 11) is 0.142. The lowest BCUT2D eigenvalue weighted by Crippen LogP contribution is -2.32. The second kappa shape index (κ2) is 9.12. The highest BCUT2D eigenvalue weighted by Gasteiger charge is 2.21. The molecule has 0 fully saturated rings. The van der Waals surface area contributed by atoms with E-state index in [1.807, 2.05) is 0 Å². The zero-order chi connectivity index (χ0) is 12.4. The Kier molecular flexibility index (Phi) is 9.16. The Balaban J connectivity index is 3.42. The molecule has 0 spiro atoms. The summed E-state index contributed by atoms with van der Waals surface area (Å²) in [6, 6.07) is 1.08. The van der Waals surface area contributed by atoms with Gasteiger partial charge in [-0.15, -0.1) is 0 Å². The molecule has 0 aromatic heterocycles. The van der Waals surface area contributed by atoms with Crippen LogP contribution in [-0.4, -0.2) is 53.1 Å². The van der Waals surface area contributed by atoms with Crippen molar-refractivity contribution >= 4 is 8.32 Å². The van der Waals surface area contributed by atoms with Gasteiger partial charge in [-0.05, 0) is 32.5 Å². The zero-order valence-corrected chi connectivity index (χ0v) is 12.0. The normalized spacial score (nSPS) is 14.1. The molecule has 0 aromatic carbocycles. The highest BCUT2D eigenvalue weighted by molar-refractivity contribution is 6.71. The number of hydrogen-bond donors (Lipinski definition) is 1. The molecule has 98 valence electrons. The van der Waals surface area contributed by atoms with Crippen LogP contribution < -0.4 is 0 Å². The summed E-state index contributed by atoms with van der Waals surface area (Å²) >= 11 is 0. The third-order valence-corrected chi connectivity index (χ3v) is 4.75. The molecule has 4 nitrogen and oxygen atoms in total. The van der Waals surface area contributed by atoms with E-state index >= 15 is 0 Å². The summed E-state index contributed by atoms with van der Waals surface area (Å²) in [6.07, 6.45) is 0.627. The van der Waals surface area contributed by atoms with Gasteiger partial charge in [-0.1, -0.05) is 0 Å². The van der Waals surface area contributed by atoms with Crippen LogP contribution in [0.3, 0.4) is 0 Å². The van der Waals surface area contributed by atoms with Crippen molar-refractivity contribution in [2.45, 2.75) is 38.6 Å². The van der Waals surface area contributed by atoms with Crippen molar-refractivity contribution in [3.05, 3.63) is 0 Å². The molecule has 0 saturated heterocycles. The van der Waals surface area contributed by atoms with Gasteiger partial charge in [-0.3, -0.25) is 0 Å². The number of hydrogen-bond acceptors (Lipinski definition) is 4. The lowest BCUT2D eigenvalue weighted by Gasteiger charge is -2.22. The maximum atomic E-state index is 9.00. The van der Waals surface area contributed by atoms with Gasteiger partial charge in [0.15, 0.2) is 8.32 Å². The first-order valence-corrected chi connectivity index (χ1v) is 8.98. The summed E-state index contributed by atoms with van der Waals surface area (Å²) in [5.74, 6) is 0. The molecule has 1 unspecified atom stereocenters. The first kappa shape index (κ1) is 16.1. The van der Waals surface area contributed by atoms with Crippen molar-refractivity contribution < 1.29 is 19.0 Å². The number of aliphatic hydroxyl groups excluding tert-OH is 1.